The third-order valence-corrected chi connectivity index (χ3v) is 6.12. The van der Waals surface area contributed by atoms with Crippen LogP contribution in [-0.2, 0) is 22.4 Å². The molecule has 0 aliphatic heterocycles. The lowest BCUT2D eigenvalue weighted by atomic mass is 10.1. The third-order valence-electron chi connectivity index (χ3n) is 4.49. The van der Waals surface area contributed by atoms with Crippen LogP contribution in [0.25, 0.3) is 21.5 Å². The molecule has 0 fully saturated rings. The number of rotatable bonds is 7. The first-order valence-electron chi connectivity index (χ1n) is 8.90. The van der Waals surface area contributed by atoms with Gasteiger partial charge in [-0.15, -0.1) is 11.3 Å². The highest BCUT2D eigenvalue weighted by Crippen LogP contribution is 2.26. The Balaban J connectivity index is 1.38. The molecule has 28 heavy (non-hydrogen) atoms. The second-order valence-electron chi connectivity index (χ2n) is 6.31. The van der Waals surface area contributed by atoms with Gasteiger partial charge in [-0.3, -0.25) is 9.59 Å². The molecule has 0 amide bonds. The molecule has 142 valence electrons. The van der Waals surface area contributed by atoms with Crippen LogP contribution in [-0.4, -0.2) is 28.3 Å². The molecule has 3 aromatic heterocycles. The Morgan fingerprint density at radius 3 is 2.89 bits per heavy atom. The van der Waals surface area contributed by atoms with Gasteiger partial charge in [0.1, 0.15) is 5.01 Å². The number of fused-ring (bicyclic) bond motifs is 1. The minimum absolute atomic E-state index is 0.0573. The predicted molar refractivity (Wildman–Crippen MR) is 112 cm³/mol. The number of para-hydroxylation sites is 1. The van der Waals surface area contributed by atoms with E-state index >= 15 is 0 Å². The summed E-state index contributed by atoms with van der Waals surface area (Å²) < 4.78 is 5.20. The molecule has 0 bridgehead atoms. The number of benzene rings is 1. The minimum atomic E-state index is -0.454. The number of aromatic amines is 1. The van der Waals surface area contributed by atoms with Crippen LogP contribution >= 0.6 is 22.7 Å². The first kappa shape index (κ1) is 18.6. The topological polar surface area (TPSA) is 72.1 Å². The van der Waals surface area contributed by atoms with Gasteiger partial charge in [-0.05, 0) is 23.4 Å². The molecule has 0 aliphatic rings. The van der Waals surface area contributed by atoms with Crippen molar-refractivity contribution >= 4 is 45.3 Å². The Labute approximate surface area is 170 Å². The van der Waals surface area contributed by atoms with Crippen LogP contribution in [0.1, 0.15) is 28.5 Å². The highest BCUT2D eigenvalue weighted by molar-refractivity contribution is 7.14. The molecule has 3 heterocycles. The number of thiazole rings is 1. The lowest BCUT2D eigenvalue weighted by Crippen LogP contribution is -2.15. The Morgan fingerprint density at radius 2 is 2.11 bits per heavy atom. The van der Waals surface area contributed by atoms with Crippen LogP contribution in [0, 0.1) is 0 Å². The van der Waals surface area contributed by atoms with E-state index in [1.807, 2.05) is 40.4 Å². The molecule has 5 nitrogen and oxygen atoms in total. The van der Waals surface area contributed by atoms with Gasteiger partial charge in [-0.2, -0.15) is 11.3 Å². The summed E-state index contributed by atoms with van der Waals surface area (Å²) in [6, 6.07) is 7.87. The quantitative estimate of drug-likeness (QED) is 0.348. The number of ether oxygens (including phenoxy) is 1. The van der Waals surface area contributed by atoms with Crippen molar-refractivity contribution in [3.05, 3.63) is 63.4 Å². The van der Waals surface area contributed by atoms with Gasteiger partial charge in [0.05, 0.1) is 12.1 Å². The summed E-state index contributed by atoms with van der Waals surface area (Å²) in [5.41, 5.74) is 4.37. The van der Waals surface area contributed by atoms with Crippen molar-refractivity contribution in [2.45, 2.75) is 19.8 Å². The Hall–Kier alpha value is -2.77. The summed E-state index contributed by atoms with van der Waals surface area (Å²) in [4.78, 5) is 32.3. The molecule has 0 unspecified atom stereocenters. The highest BCUT2D eigenvalue weighted by Gasteiger charge is 2.16. The van der Waals surface area contributed by atoms with E-state index in [2.05, 4.69) is 16.9 Å². The molecule has 0 atom stereocenters. The van der Waals surface area contributed by atoms with Crippen molar-refractivity contribution in [3.63, 3.8) is 0 Å². The standard InChI is InChI=1S/C21H18N2O3S2/c1-2-13-4-3-5-16-17(9-22-20(13)16)18(24)10-26-19(25)8-15-12-28-21(23-15)14-6-7-27-11-14/h3-7,9,11-12,22H,2,8,10H2,1H3. The number of hydrogen-bond donors (Lipinski definition) is 1. The summed E-state index contributed by atoms with van der Waals surface area (Å²) in [6.45, 7) is 1.80. The first-order valence-corrected chi connectivity index (χ1v) is 10.7. The van der Waals surface area contributed by atoms with Crippen molar-refractivity contribution in [1.82, 2.24) is 9.97 Å². The van der Waals surface area contributed by atoms with Crippen LogP contribution < -0.4 is 0 Å². The van der Waals surface area contributed by atoms with E-state index < -0.39 is 5.97 Å². The number of Topliss-reactive ketones (excluding diaryl/α,β-unsaturated/α-hetero) is 1. The zero-order valence-electron chi connectivity index (χ0n) is 15.2. The number of ketones is 1. The molecular formula is C21H18N2O3S2. The molecule has 1 aromatic carbocycles. The van der Waals surface area contributed by atoms with Gasteiger partial charge in [0.2, 0.25) is 5.78 Å². The van der Waals surface area contributed by atoms with Crippen molar-refractivity contribution in [3.8, 4) is 10.6 Å². The smallest absolute Gasteiger partial charge is 0.312 e. The largest absolute Gasteiger partial charge is 0.457 e. The number of hydrogen-bond acceptors (Lipinski definition) is 6. The maximum Gasteiger partial charge on any atom is 0.312 e. The number of nitrogens with one attached hydrogen (secondary N) is 1. The van der Waals surface area contributed by atoms with Crippen LogP contribution in [0.2, 0.25) is 0 Å². The van der Waals surface area contributed by atoms with Crippen molar-refractivity contribution in [2.24, 2.45) is 0 Å². The number of carbonyl (C=O) groups excluding carboxylic acids is 2. The van der Waals surface area contributed by atoms with Crippen LogP contribution in [0.5, 0.6) is 0 Å². The van der Waals surface area contributed by atoms with E-state index in [9.17, 15) is 9.59 Å². The van der Waals surface area contributed by atoms with E-state index in [1.54, 1.807) is 17.5 Å². The molecular weight excluding hydrogens is 392 g/mol. The number of nitrogens with zero attached hydrogens (tertiary/aromatic N) is 1. The lowest BCUT2D eigenvalue weighted by Gasteiger charge is -2.03. The van der Waals surface area contributed by atoms with Gasteiger partial charge >= 0.3 is 5.97 Å². The molecule has 0 radical (unpaired) electrons. The van der Waals surface area contributed by atoms with Crippen molar-refractivity contribution < 1.29 is 14.3 Å². The zero-order valence-corrected chi connectivity index (χ0v) is 16.9. The predicted octanol–water partition coefficient (Wildman–Crippen LogP) is 4.88. The van der Waals surface area contributed by atoms with Crippen LogP contribution in [0.3, 0.4) is 0 Å². The second-order valence-corrected chi connectivity index (χ2v) is 7.95. The van der Waals surface area contributed by atoms with Crippen LogP contribution in [0.15, 0.2) is 46.6 Å². The molecule has 0 saturated heterocycles. The van der Waals surface area contributed by atoms with Gasteiger partial charge < -0.3 is 9.72 Å². The SMILES string of the molecule is CCc1cccc2c(C(=O)COC(=O)Cc3csc(-c4ccsc4)n3)c[nH]c12. The molecule has 4 rings (SSSR count). The number of aromatic nitrogens is 2. The van der Waals surface area contributed by atoms with E-state index in [1.165, 1.54) is 11.3 Å². The fourth-order valence-corrected chi connectivity index (χ4v) is 4.60. The van der Waals surface area contributed by atoms with Gasteiger partial charge in [0.25, 0.3) is 0 Å². The van der Waals surface area contributed by atoms with Crippen molar-refractivity contribution in [1.29, 1.82) is 0 Å². The summed E-state index contributed by atoms with van der Waals surface area (Å²) in [5, 5.41) is 7.60. The Kier molecular flexibility index (Phi) is 5.36. The maximum absolute atomic E-state index is 12.5. The van der Waals surface area contributed by atoms with E-state index in [0.717, 1.165) is 33.5 Å². The lowest BCUT2D eigenvalue weighted by molar-refractivity contribution is -0.141. The Morgan fingerprint density at radius 1 is 1.21 bits per heavy atom. The molecule has 0 spiro atoms. The number of thiophene rings is 1. The van der Waals surface area contributed by atoms with Crippen LogP contribution in [0.4, 0.5) is 0 Å². The molecule has 1 N–H and O–H groups in total. The highest BCUT2D eigenvalue weighted by atomic mass is 32.1. The van der Waals surface area contributed by atoms with Gasteiger partial charge in [-0.1, -0.05) is 25.1 Å². The fraction of sp³-hybridized carbons (Fsp3) is 0.190. The van der Waals surface area contributed by atoms with Crippen molar-refractivity contribution in [2.75, 3.05) is 6.61 Å². The summed E-state index contributed by atoms with van der Waals surface area (Å²) in [5.74, 6) is -0.672. The van der Waals surface area contributed by atoms with Gasteiger partial charge in [-0.25, -0.2) is 4.98 Å². The van der Waals surface area contributed by atoms with E-state index in [0.29, 0.717) is 11.3 Å². The van der Waals surface area contributed by atoms with Gasteiger partial charge in [0, 0.05) is 39.0 Å². The molecule has 7 heteroatoms. The average molecular weight is 411 g/mol. The number of H-pyrrole nitrogens is 1. The first-order chi connectivity index (χ1) is 13.7. The summed E-state index contributed by atoms with van der Waals surface area (Å²) in [7, 11) is 0. The summed E-state index contributed by atoms with van der Waals surface area (Å²) in [6.07, 6.45) is 2.62. The average Bonchev–Trinajstić information content (AvgIpc) is 3.45. The van der Waals surface area contributed by atoms with Gasteiger partial charge in [0.15, 0.2) is 6.61 Å². The maximum atomic E-state index is 12.5. The monoisotopic (exact) mass is 410 g/mol. The van der Waals surface area contributed by atoms with E-state index in [4.69, 9.17) is 4.74 Å². The zero-order chi connectivity index (χ0) is 19.5. The molecule has 0 aliphatic carbocycles. The number of esters is 1. The normalized spacial score (nSPS) is 11.0. The number of carbonyl (C=O) groups is 2. The third kappa shape index (κ3) is 3.76. The molecule has 4 aromatic rings. The van der Waals surface area contributed by atoms with E-state index in [-0.39, 0.29) is 18.8 Å². The fourth-order valence-electron chi connectivity index (χ4n) is 3.07. The summed E-state index contributed by atoms with van der Waals surface area (Å²) >= 11 is 3.10. The molecule has 0 saturated carbocycles. The number of aryl methyl sites for hydroxylation is 1. The Bertz CT molecular complexity index is 1130. The minimum Gasteiger partial charge on any atom is -0.457 e. The second kappa shape index (κ2) is 8.08.